The molecule has 0 bridgehead atoms. The third-order valence-electron chi connectivity index (χ3n) is 2.89. The molecule has 0 unspecified atom stereocenters. The predicted octanol–water partition coefficient (Wildman–Crippen LogP) is 2.14. The molecule has 6 heteroatoms. The first-order valence-electron chi connectivity index (χ1n) is 6.13. The van der Waals surface area contributed by atoms with Crippen LogP contribution in [0.25, 0.3) is 22.3 Å². The highest BCUT2D eigenvalue weighted by atomic mass is 16.5. The van der Waals surface area contributed by atoms with Crippen LogP contribution < -0.4 is 10.1 Å². The molecule has 0 spiro atoms. The van der Waals surface area contributed by atoms with E-state index in [1.807, 2.05) is 30.3 Å². The number of hydrogen-bond acceptors (Lipinski definition) is 6. The molecule has 1 N–H and O–H groups in total. The van der Waals surface area contributed by atoms with Crippen LogP contribution in [0.15, 0.2) is 36.5 Å². The Morgan fingerprint density at radius 1 is 1.10 bits per heavy atom. The summed E-state index contributed by atoms with van der Waals surface area (Å²) in [6.07, 6.45) is 1.76. The zero-order chi connectivity index (χ0) is 13.9. The van der Waals surface area contributed by atoms with Gasteiger partial charge in [-0.2, -0.15) is 15.0 Å². The van der Waals surface area contributed by atoms with Crippen LogP contribution in [-0.2, 0) is 0 Å². The van der Waals surface area contributed by atoms with Gasteiger partial charge < -0.3 is 10.1 Å². The van der Waals surface area contributed by atoms with Crippen LogP contribution in [0, 0.1) is 0 Å². The summed E-state index contributed by atoms with van der Waals surface area (Å²) in [5, 5.41) is 3.97. The van der Waals surface area contributed by atoms with Crippen molar-refractivity contribution in [3.05, 3.63) is 36.5 Å². The van der Waals surface area contributed by atoms with E-state index in [-0.39, 0.29) is 6.01 Å². The molecule has 0 atom stereocenters. The lowest BCUT2D eigenvalue weighted by Gasteiger charge is -2.06. The standard InChI is InChI=1S/C14H13N5O/c1-15-13-17-12(18-14(19-13)20-2)10-6-5-9-4-3-7-16-11(9)8-10/h3-8H,1-2H3,(H,15,17,18,19). The number of fused-ring (bicyclic) bond motifs is 1. The Kier molecular flexibility index (Phi) is 3.12. The highest BCUT2D eigenvalue weighted by Crippen LogP contribution is 2.22. The number of anilines is 1. The molecular weight excluding hydrogens is 254 g/mol. The molecular formula is C14H13N5O. The molecule has 3 aromatic rings. The van der Waals surface area contributed by atoms with Crippen LogP contribution in [-0.4, -0.2) is 34.1 Å². The van der Waals surface area contributed by atoms with E-state index < -0.39 is 0 Å². The summed E-state index contributed by atoms with van der Waals surface area (Å²) < 4.78 is 5.09. The fourth-order valence-corrected chi connectivity index (χ4v) is 1.89. The molecule has 0 saturated carbocycles. The first-order valence-corrected chi connectivity index (χ1v) is 6.13. The quantitative estimate of drug-likeness (QED) is 0.783. The number of ether oxygens (including phenoxy) is 1. The van der Waals surface area contributed by atoms with Gasteiger partial charge in [-0.15, -0.1) is 0 Å². The van der Waals surface area contributed by atoms with E-state index in [0.717, 1.165) is 16.5 Å². The number of rotatable bonds is 3. The molecule has 2 heterocycles. The van der Waals surface area contributed by atoms with Crippen molar-refractivity contribution in [3.8, 4) is 17.4 Å². The van der Waals surface area contributed by atoms with Crippen molar-refractivity contribution in [2.75, 3.05) is 19.5 Å². The topological polar surface area (TPSA) is 72.8 Å². The largest absolute Gasteiger partial charge is 0.467 e. The van der Waals surface area contributed by atoms with Crippen molar-refractivity contribution in [1.29, 1.82) is 0 Å². The first-order chi connectivity index (χ1) is 9.80. The summed E-state index contributed by atoms with van der Waals surface area (Å²) in [6, 6.07) is 10.1. The molecule has 100 valence electrons. The summed E-state index contributed by atoms with van der Waals surface area (Å²) in [7, 11) is 3.28. The molecule has 20 heavy (non-hydrogen) atoms. The van der Waals surface area contributed by atoms with Gasteiger partial charge in [0.05, 0.1) is 12.6 Å². The van der Waals surface area contributed by atoms with E-state index in [9.17, 15) is 0 Å². The van der Waals surface area contributed by atoms with Gasteiger partial charge in [0.1, 0.15) is 0 Å². The van der Waals surface area contributed by atoms with Crippen LogP contribution in [0.4, 0.5) is 5.95 Å². The van der Waals surface area contributed by atoms with Gasteiger partial charge in [0.15, 0.2) is 5.82 Å². The zero-order valence-electron chi connectivity index (χ0n) is 11.2. The average molecular weight is 267 g/mol. The second-order valence-corrected chi connectivity index (χ2v) is 4.13. The molecule has 1 aromatic carbocycles. The number of benzene rings is 1. The molecule has 3 rings (SSSR count). The Morgan fingerprint density at radius 2 is 2.00 bits per heavy atom. The third-order valence-corrected chi connectivity index (χ3v) is 2.89. The van der Waals surface area contributed by atoms with Crippen LogP contribution in [0.2, 0.25) is 0 Å². The molecule has 0 aliphatic rings. The van der Waals surface area contributed by atoms with Crippen LogP contribution in [0.3, 0.4) is 0 Å². The smallest absolute Gasteiger partial charge is 0.321 e. The SMILES string of the molecule is CNc1nc(OC)nc(-c2ccc3cccnc3c2)n1. The average Bonchev–Trinajstić information content (AvgIpc) is 2.53. The summed E-state index contributed by atoms with van der Waals surface area (Å²) in [5.41, 5.74) is 1.77. The minimum atomic E-state index is 0.278. The Labute approximate surface area is 115 Å². The Hall–Kier alpha value is -2.76. The van der Waals surface area contributed by atoms with E-state index in [0.29, 0.717) is 11.8 Å². The highest BCUT2D eigenvalue weighted by Gasteiger charge is 2.08. The molecule has 2 aromatic heterocycles. The van der Waals surface area contributed by atoms with Gasteiger partial charge in [0.2, 0.25) is 5.95 Å². The van der Waals surface area contributed by atoms with Crippen molar-refractivity contribution in [1.82, 2.24) is 19.9 Å². The van der Waals surface area contributed by atoms with Gasteiger partial charge in [0, 0.05) is 24.2 Å². The van der Waals surface area contributed by atoms with E-state index in [4.69, 9.17) is 4.74 Å². The lowest BCUT2D eigenvalue weighted by molar-refractivity contribution is 0.379. The maximum Gasteiger partial charge on any atom is 0.321 e. The third kappa shape index (κ3) is 2.23. The van der Waals surface area contributed by atoms with Crippen molar-refractivity contribution in [2.45, 2.75) is 0 Å². The normalized spacial score (nSPS) is 10.5. The number of nitrogens with zero attached hydrogens (tertiary/aromatic N) is 4. The highest BCUT2D eigenvalue weighted by molar-refractivity contribution is 5.82. The number of aromatic nitrogens is 4. The molecule has 6 nitrogen and oxygen atoms in total. The fraction of sp³-hybridized carbons (Fsp3) is 0.143. The van der Waals surface area contributed by atoms with Gasteiger partial charge in [-0.25, -0.2) is 0 Å². The second-order valence-electron chi connectivity index (χ2n) is 4.13. The fourth-order valence-electron chi connectivity index (χ4n) is 1.89. The van der Waals surface area contributed by atoms with Crippen molar-refractivity contribution >= 4 is 16.9 Å². The maximum atomic E-state index is 5.09. The lowest BCUT2D eigenvalue weighted by Crippen LogP contribution is -2.03. The second kappa shape index (κ2) is 5.08. The van der Waals surface area contributed by atoms with E-state index in [2.05, 4.69) is 25.3 Å². The number of pyridine rings is 1. The number of nitrogens with one attached hydrogen (secondary N) is 1. The first kappa shape index (κ1) is 12.3. The predicted molar refractivity (Wildman–Crippen MR) is 76.7 cm³/mol. The van der Waals surface area contributed by atoms with Gasteiger partial charge in [-0.05, 0) is 12.1 Å². The van der Waals surface area contributed by atoms with Crippen LogP contribution in [0.1, 0.15) is 0 Å². The van der Waals surface area contributed by atoms with Crippen molar-refractivity contribution < 1.29 is 4.74 Å². The summed E-state index contributed by atoms with van der Waals surface area (Å²) in [6.45, 7) is 0. The van der Waals surface area contributed by atoms with Gasteiger partial charge in [-0.3, -0.25) is 4.98 Å². The number of hydrogen-bond donors (Lipinski definition) is 1. The Morgan fingerprint density at radius 3 is 2.80 bits per heavy atom. The lowest BCUT2D eigenvalue weighted by atomic mass is 10.1. The molecule has 0 aliphatic carbocycles. The maximum absolute atomic E-state index is 5.09. The van der Waals surface area contributed by atoms with Crippen molar-refractivity contribution in [3.63, 3.8) is 0 Å². The molecule has 0 saturated heterocycles. The zero-order valence-corrected chi connectivity index (χ0v) is 11.2. The summed E-state index contributed by atoms with van der Waals surface area (Å²) >= 11 is 0. The summed E-state index contributed by atoms with van der Waals surface area (Å²) in [4.78, 5) is 17.0. The minimum absolute atomic E-state index is 0.278. The molecule has 0 radical (unpaired) electrons. The number of methoxy groups -OCH3 is 1. The van der Waals surface area contributed by atoms with Gasteiger partial charge >= 0.3 is 6.01 Å². The molecule has 0 amide bonds. The minimum Gasteiger partial charge on any atom is -0.467 e. The summed E-state index contributed by atoms with van der Waals surface area (Å²) in [5.74, 6) is 1.02. The van der Waals surface area contributed by atoms with Crippen LogP contribution >= 0.6 is 0 Å². The Bertz CT molecular complexity index is 737. The van der Waals surface area contributed by atoms with E-state index in [1.165, 1.54) is 7.11 Å². The molecule has 0 fully saturated rings. The molecule has 0 aliphatic heterocycles. The van der Waals surface area contributed by atoms with Crippen LogP contribution in [0.5, 0.6) is 6.01 Å². The van der Waals surface area contributed by atoms with Gasteiger partial charge in [0.25, 0.3) is 0 Å². The van der Waals surface area contributed by atoms with E-state index >= 15 is 0 Å². The van der Waals surface area contributed by atoms with E-state index in [1.54, 1.807) is 13.2 Å². The van der Waals surface area contributed by atoms with Gasteiger partial charge in [-0.1, -0.05) is 18.2 Å². The Balaban J connectivity index is 2.14. The van der Waals surface area contributed by atoms with Crippen molar-refractivity contribution in [2.24, 2.45) is 0 Å². The monoisotopic (exact) mass is 267 g/mol.